The third kappa shape index (κ3) is 8.08. The van der Waals surface area contributed by atoms with Gasteiger partial charge in [-0.25, -0.2) is 4.98 Å². The van der Waals surface area contributed by atoms with Crippen molar-refractivity contribution < 1.29 is 27.5 Å². The topological polar surface area (TPSA) is 87.7 Å². The minimum Gasteiger partial charge on any atom is -0.378 e. The summed E-state index contributed by atoms with van der Waals surface area (Å²) >= 11 is 0. The van der Waals surface area contributed by atoms with Crippen LogP contribution in [0.3, 0.4) is 0 Å². The van der Waals surface area contributed by atoms with Crippen LogP contribution in [0.15, 0.2) is 72.9 Å². The van der Waals surface area contributed by atoms with Crippen molar-refractivity contribution in [2.75, 3.05) is 48.5 Å². The SMILES string of the molecule is CCC(=O)c1cc(Nc2nccc(N(C)c3ccc(CC(=O)Cc4cc(C)cc(C(F)(F)F)c4)cc3)n2)ccc1N1CCOCC1. The van der Waals surface area contributed by atoms with Gasteiger partial charge in [-0.15, -0.1) is 0 Å². The van der Waals surface area contributed by atoms with E-state index >= 15 is 0 Å². The van der Waals surface area contributed by atoms with Gasteiger partial charge in [0.25, 0.3) is 0 Å². The van der Waals surface area contributed by atoms with Gasteiger partial charge in [0.15, 0.2) is 5.78 Å². The predicted molar refractivity (Wildman–Crippen MR) is 173 cm³/mol. The summed E-state index contributed by atoms with van der Waals surface area (Å²) in [5, 5.41) is 3.22. The predicted octanol–water partition coefficient (Wildman–Crippen LogP) is 7.10. The highest BCUT2D eigenvalue weighted by Crippen LogP contribution is 2.31. The van der Waals surface area contributed by atoms with Gasteiger partial charge in [-0.05, 0) is 66.6 Å². The highest BCUT2D eigenvalue weighted by Gasteiger charge is 2.31. The molecule has 240 valence electrons. The largest absolute Gasteiger partial charge is 0.416 e. The maximum atomic E-state index is 13.2. The molecule has 0 amide bonds. The van der Waals surface area contributed by atoms with Crippen molar-refractivity contribution in [3.63, 3.8) is 0 Å². The van der Waals surface area contributed by atoms with E-state index in [1.165, 1.54) is 0 Å². The Hall–Kier alpha value is -4.77. The van der Waals surface area contributed by atoms with Crippen LogP contribution in [0.25, 0.3) is 0 Å². The quantitative estimate of drug-likeness (QED) is 0.176. The molecule has 0 aliphatic carbocycles. The average molecular weight is 632 g/mol. The summed E-state index contributed by atoms with van der Waals surface area (Å²) in [5.74, 6) is 0.866. The molecule has 3 aromatic carbocycles. The molecule has 0 spiro atoms. The van der Waals surface area contributed by atoms with Crippen molar-refractivity contribution in [2.45, 2.75) is 39.3 Å². The van der Waals surface area contributed by atoms with Gasteiger partial charge in [-0.1, -0.05) is 30.7 Å². The molecular weight excluding hydrogens is 595 g/mol. The summed E-state index contributed by atoms with van der Waals surface area (Å²) in [7, 11) is 1.86. The molecule has 1 fully saturated rings. The first-order valence-corrected chi connectivity index (χ1v) is 15.1. The molecule has 1 saturated heterocycles. The van der Waals surface area contributed by atoms with Crippen LogP contribution in [0.4, 0.5) is 42.0 Å². The highest BCUT2D eigenvalue weighted by atomic mass is 19.4. The molecule has 0 bridgehead atoms. The van der Waals surface area contributed by atoms with Crippen molar-refractivity contribution in [3.8, 4) is 0 Å². The average Bonchev–Trinajstić information content (AvgIpc) is 3.04. The van der Waals surface area contributed by atoms with Crippen molar-refractivity contribution >= 4 is 40.4 Å². The van der Waals surface area contributed by atoms with E-state index in [0.717, 1.165) is 42.2 Å². The van der Waals surface area contributed by atoms with Crippen molar-refractivity contribution in [1.29, 1.82) is 0 Å². The number of benzene rings is 3. The summed E-state index contributed by atoms with van der Waals surface area (Å²) in [6, 6.07) is 18.6. The van der Waals surface area contributed by atoms with E-state index in [1.54, 1.807) is 25.3 Å². The number of ketones is 2. The number of morpholine rings is 1. The standard InChI is InChI=1S/C35H36F3N5O3/c1-4-32(45)30-22-27(7-10-31(30)43-13-15-46-16-14-43)40-34-39-12-11-33(41-34)42(3)28-8-5-24(6-9-28)20-29(44)21-25-17-23(2)18-26(19-25)35(36,37)38/h5-12,17-19,22H,4,13-16,20-21H2,1-3H3,(H,39,40,41). The molecule has 0 unspecified atom stereocenters. The van der Waals surface area contributed by atoms with Gasteiger partial charge in [0.1, 0.15) is 11.6 Å². The zero-order valence-corrected chi connectivity index (χ0v) is 26.0. The van der Waals surface area contributed by atoms with E-state index in [1.807, 2.05) is 61.3 Å². The molecule has 11 heteroatoms. The number of hydrogen-bond acceptors (Lipinski definition) is 8. The second-order valence-electron chi connectivity index (χ2n) is 11.3. The molecule has 0 atom stereocenters. The number of rotatable bonds is 11. The van der Waals surface area contributed by atoms with E-state index in [4.69, 9.17) is 4.74 Å². The summed E-state index contributed by atoms with van der Waals surface area (Å²) in [6.07, 6.45) is -2.40. The van der Waals surface area contributed by atoms with Gasteiger partial charge < -0.3 is 19.9 Å². The Labute approximate surface area is 266 Å². The van der Waals surface area contributed by atoms with Crippen molar-refractivity contribution in [3.05, 3.63) is 101 Å². The number of halogens is 3. The second kappa shape index (κ2) is 14.1. The van der Waals surface area contributed by atoms with Crippen molar-refractivity contribution in [1.82, 2.24) is 9.97 Å². The van der Waals surface area contributed by atoms with E-state index < -0.39 is 11.7 Å². The Bertz CT molecular complexity index is 1700. The summed E-state index contributed by atoms with van der Waals surface area (Å²) < 4.78 is 45.0. The van der Waals surface area contributed by atoms with E-state index in [-0.39, 0.29) is 24.4 Å². The van der Waals surface area contributed by atoms with Crippen LogP contribution in [-0.4, -0.2) is 54.9 Å². The molecule has 4 aromatic rings. The van der Waals surface area contributed by atoms with Crippen LogP contribution >= 0.6 is 0 Å². The summed E-state index contributed by atoms with van der Waals surface area (Å²) in [6.45, 7) is 6.14. The molecule has 5 rings (SSSR count). The number of carbonyl (C=O) groups is 2. The van der Waals surface area contributed by atoms with Crippen LogP contribution in [0.2, 0.25) is 0 Å². The Kier molecular flexibility index (Phi) is 10.0. The number of alkyl halides is 3. The second-order valence-corrected chi connectivity index (χ2v) is 11.3. The van der Waals surface area contributed by atoms with Gasteiger partial charge in [0.2, 0.25) is 5.95 Å². The van der Waals surface area contributed by atoms with Crippen LogP contribution in [0.5, 0.6) is 0 Å². The third-order valence-electron chi connectivity index (χ3n) is 7.80. The zero-order valence-electron chi connectivity index (χ0n) is 26.0. The maximum Gasteiger partial charge on any atom is 0.416 e. The molecule has 1 N–H and O–H groups in total. The molecule has 1 aliphatic heterocycles. The molecule has 46 heavy (non-hydrogen) atoms. The summed E-state index contributed by atoms with van der Waals surface area (Å²) in [5.41, 5.74) is 3.88. The number of carbonyl (C=O) groups excluding carboxylic acids is 2. The van der Waals surface area contributed by atoms with Gasteiger partial charge >= 0.3 is 6.18 Å². The van der Waals surface area contributed by atoms with E-state index in [0.29, 0.717) is 53.8 Å². The number of nitrogens with zero attached hydrogens (tertiary/aromatic N) is 4. The molecule has 2 heterocycles. The van der Waals surface area contributed by atoms with Crippen LogP contribution < -0.4 is 15.1 Å². The number of aryl methyl sites for hydroxylation is 1. The third-order valence-corrected chi connectivity index (χ3v) is 7.80. The van der Waals surface area contributed by atoms with Gasteiger partial charge in [0, 0.05) is 68.2 Å². The number of nitrogens with one attached hydrogen (secondary N) is 1. The van der Waals surface area contributed by atoms with Crippen LogP contribution in [0, 0.1) is 6.92 Å². The first kappa shape index (κ1) is 32.6. The van der Waals surface area contributed by atoms with Crippen LogP contribution in [-0.2, 0) is 28.5 Å². The number of ether oxygens (including phenoxy) is 1. The Morgan fingerprint density at radius 2 is 1.67 bits per heavy atom. The smallest absolute Gasteiger partial charge is 0.378 e. The molecular formula is C35H36F3N5O3. The normalized spacial score (nSPS) is 13.4. The lowest BCUT2D eigenvalue weighted by Crippen LogP contribution is -2.37. The zero-order chi connectivity index (χ0) is 32.8. The molecule has 8 nitrogen and oxygen atoms in total. The lowest BCUT2D eigenvalue weighted by molar-refractivity contribution is -0.137. The van der Waals surface area contributed by atoms with Gasteiger partial charge in [-0.3, -0.25) is 9.59 Å². The monoisotopic (exact) mass is 631 g/mol. The van der Waals surface area contributed by atoms with Gasteiger partial charge in [-0.2, -0.15) is 18.2 Å². The highest BCUT2D eigenvalue weighted by molar-refractivity contribution is 6.02. The number of Topliss-reactive ketones (excluding diaryl/α,β-unsaturated/α-hetero) is 2. The lowest BCUT2D eigenvalue weighted by atomic mass is 9.99. The fourth-order valence-corrected chi connectivity index (χ4v) is 5.45. The van der Waals surface area contributed by atoms with Gasteiger partial charge in [0.05, 0.1) is 18.8 Å². The van der Waals surface area contributed by atoms with Crippen LogP contribution in [0.1, 0.15) is 46.0 Å². The Morgan fingerprint density at radius 3 is 2.37 bits per heavy atom. The Balaban J connectivity index is 1.25. The Morgan fingerprint density at radius 1 is 0.957 bits per heavy atom. The number of hydrogen-bond donors (Lipinski definition) is 1. The molecule has 0 saturated carbocycles. The van der Waals surface area contributed by atoms with E-state index in [2.05, 4.69) is 20.2 Å². The minimum absolute atomic E-state index is 0.0513. The molecule has 1 aromatic heterocycles. The fourth-order valence-electron chi connectivity index (χ4n) is 5.45. The number of aromatic nitrogens is 2. The lowest BCUT2D eigenvalue weighted by Gasteiger charge is -2.30. The minimum atomic E-state index is -4.46. The van der Waals surface area contributed by atoms with E-state index in [9.17, 15) is 22.8 Å². The fraction of sp³-hybridized carbons (Fsp3) is 0.314. The maximum absolute atomic E-state index is 13.2. The first-order chi connectivity index (χ1) is 22.0. The summed E-state index contributed by atoms with van der Waals surface area (Å²) in [4.78, 5) is 38.6. The molecule has 0 radical (unpaired) electrons. The first-order valence-electron chi connectivity index (χ1n) is 15.1. The van der Waals surface area contributed by atoms with Crippen molar-refractivity contribution in [2.24, 2.45) is 0 Å². The number of anilines is 5. The molecule has 1 aliphatic rings.